The summed E-state index contributed by atoms with van der Waals surface area (Å²) in [5.74, 6) is 2.07. The third kappa shape index (κ3) is 5.94. The van der Waals surface area contributed by atoms with Crippen molar-refractivity contribution in [3.8, 4) is 11.5 Å². The minimum atomic E-state index is -0.313. The summed E-state index contributed by atoms with van der Waals surface area (Å²) >= 11 is 0. The summed E-state index contributed by atoms with van der Waals surface area (Å²) in [5.41, 5.74) is 1.79. The van der Waals surface area contributed by atoms with Crippen molar-refractivity contribution in [2.24, 2.45) is 0 Å². The third-order valence-electron chi connectivity index (χ3n) is 6.02. The molecule has 1 fully saturated rings. The molecular weight excluding hydrogens is 426 g/mol. The minimum absolute atomic E-state index is 0.160. The van der Waals surface area contributed by atoms with Gasteiger partial charge in [0, 0.05) is 31.9 Å². The molecule has 3 aromatic rings. The van der Waals surface area contributed by atoms with E-state index in [1.54, 1.807) is 18.3 Å². The van der Waals surface area contributed by atoms with Crippen LogP contribution in [0.15, 0.2) is 72.9 Å². The van der Waals surface area contributed by atoms with Gasteiger partial charge in [-0.25, -0.2) is 9.78 Å². The number of hydrogen-bond acceptors (Lipinski definition) is 6. The van der Waals surface area contributed by atoms with Gasteiger partial charge in [0.2, 0.25) is 0 Å². The Bertz CT molecular complexity index is 1070. The Labute approximate surface area is 202 Å². The van der Waals surface area contributed by atoms with Crippen molar-refractivity contribution in [1.82, 2.24) is 9.88 Å². The highest BCUT2D eigenvalue weighted by atomic mass is 16.5. The van der Waals surface area contributed by atoms with E-state index in [9.17, 15) is 4.79 Å². The van der Waals surface area contributed by atoms with Crippen LogP contribution in [0.3, 0.4) is 0 Å². The number of carbonyl (C=O) groups is 1. The molecule has 6 heteroatoms. The summed E-state index contributed by atoms with van der Waals surface area (Å²) < 4.78 is 11.3. The fraction of sp³-hybridized carbons (Fsp3) is 0.357. The van der Waals surface area contributed by atoms with Crippen molar-refractivity contribution in [2.75, 3.05) is 24.5 Å². The lowest BCUT2D eigenvalue weighted by molar-refractivity contribution is 0.0378. The van der Waals surface area contributed by atoms with Crippen molar-refractivity contribution < 1.29 is 14.3 Å². The first-order chi connectivity index (χ1) is 16.5. The molecule has 2 aromatic carbocycles. The van der Waals surface area contributed by atoms with Gasteiger partial charge in [-0.2, -0.15) is 0 Å². The number of pyridine rings is 1. The van der Waals surface area contributed by atoms with Crippen molar-refractivity contribution >= 4 is 11.8 Å². The highest BCUT2D eigenvalue weighted by Gasteiger charge is 2.30. The van der Waals surface area contributed by atoms with Crippen LogP contribution in [0.5, 0.6) is 11.5 Å². The van der Waals surface area contributed by atoms with E-state index in [0.717, 1.165) is 44.1 Å². The van der Waals surface area contributed by atoms with Crippen LogP contribution in [0.1, 0.15) is 43.1 Å². The van der Waals surface area contributed by atoms with Gasteiger partial charge in [-0.1, -0.05) is 37.3 Å². The Morgan fingerprint density at radius 1 is 1.06 bits per heavy atom. The molecule has 0 aliphatic carbocycles. The molecule has 178 valence electrons. The van der Waals surface area contributed by atoms with Crippen LogP contribution in [0, 0.1) is 0 Å². The Balaban J connectivity index is 1.39. The smallest absolute Gasteiger partial charge is 0.342 e. The number of para-hydroxylation sites is 1. The van der Waals surface area contributed by atoms with Gasteiger partial charge in [0.1, 0.15) is 22.9 Å². The van der Waals surface area contributed by atoms with Crippen LogP contribution in [0.2, 0.25) is 0 Å². The van der Waals surface area contributed by atoms with Crippen LogP contribution in [0.25, 0.3) is 0 Å². The number of aromatic nitrogens is 1. The molecule has 6 nitrogen and oxygen atoms in total. The predicted molar refractivity (Wildman–Crippen MR) is 134 cm³/mol. The van der Waals surface area contributed by atoms with Crippen LogP contribution in [-0.2, 0) is 11.3 Å². The maximum Gasteiger partial charge on any atom is 0.342 e. The highest BCUT2D eigenvalue weighted by molar-refractivity contribution is 5.94. The number of nitrogens with zero attached hydrogens (tertiary/aromatic N) is 3. The summed E-state index contributed by atoms with van der Waals surface area (Å²) in [6.07, 6.45) is 2.61. The first kappa shape index (κ1) is 23.8. The van der Waals surface area contributed by atoms with Crippen LogP contribution >= 0.6 is 0 Å². The maximum atomic E-state index is 12.6. The molecule has 0 saturated carbocycles. The lowest BCUT2D eigenvalue weighted by Gasteiger charge is -2.28. The standard InChI is InChI=1S/C28H33N3O3/c1-4-30(19-22-12-14-25(15-13-22)34-24-9-6-5-7-10-24)23-16-18-31(20-23)27-26(11-8-17-29-27)28(32)33-21(2)3/h5-15,17,21,23H,4,16,18-20H2,1-3H3/t23-/m0/s1. The van der Waals surface area contributed by atoms with Crippen molar-refractivity contribution in [1.29, 1.82) is 0 Å². The molecular formula is C28H33N3O3. The minimum Gasteiger partial charge on any atom is -0.459 e. The number of carbonyl (C=O) groups excluding carboxylic acids is 1. The van der Waals surface area contributed by atoms with Crippen molar-refractivity contribution in [2.45, 2.75) is 45.9 Å². The zero-order chi connectivity index (χ0) is 23.9. The van der Waals surface area contributed by atoms with Gasteiger partial charge in [0.15, 0.2) is 0 Å². The van der Waals surface area contributed by atoms with Crippen LogP contribution in [-0.4, -0.2) is 47.6 Å². The first-order valence-electron chi connectivity index (χ1n) is 12.0. The van der Waals surface area contributed by atoms with Crippen LogP contribution in [0.4, 0.5) is 5.82 Å². The first-order valence-corrected chi connectivity index (χ1v) is 12.0. The number of ether oxygens (including phenoxy) is 2. The predicted octanol–water partition coefficient (Wildman–Crippen LogP) is 5.54. The highest BCUT2D eigenvalue weighted by Crippen LogP contribution is 2.27. The largest absolute Gasteiger partial charge is 0.459 e. The Hall–Kier alpha value is -3.38. The monoisotopic (exact) mass is 459 g/mol. The van der Waals surface area contributed by atoms with Crippen LogP contribution < -0.4 is 9.64 Å². The Morgan fingerprint density at radius 2 is 1.79 bits per heavy atom. The molecule has 0 unspecified atom stereocenters. The van der Waals surface area contributed by atoms with Gasteiger partial charge in [0.25, 0.3) is 0 Å². The topological polar surface area (TPSA) is 54.9 Å². The third-order valence-corrected chi connectivity index (χ3v) is 6.02. The number of rotatable bonds is 9. The lowest BCUT2D eigenvalue weighted by Crippen LogP contribution is -2.37. The fourth-order valence-electron chi connectivity index (χ4n) is 4.34. The Morgan fingerprint density at radius 3 is 2.50 bits per heavy atom. The molecule has 0 radical (unpaired) electrons. The maximum absolute atomic E-state index is 12.6. The van der Waals surface area contributed by atoms with Crippen molar-refractivity contribution in [3.05, 3.63) is 84.1 Å². The van der Waals surface area contributed by atoms with E-state index in [-0.39, 0.29) is 12.1 Å². The SMILES string of the molecule is CCN(Cc1ccc(Oc2ccccc2)cc1)[C@H]1CCN(c2ncccc2C(=O)OC(C)C)C1. The summed E-state index contributed by atoms with van der Waals surface area (Å²) in [7, 11) is 0. The number of likely N-dealkylation sites (N-methyl/N-ethyl adjacent to an activating group) is 1. The van der Waals surface area contributed by atoms with E-state index in [2.05, 4.69) is 33.8 Å². The molecule has 4 rings (SSSR count). The molecule has 1 aromatic heterocycles. The average Bonchev–Trinajstić information content (AvgIpc) is 3.34. The summed E-state index contributed by atoms with van der Waals surface area (Å²) in [6, 6.07) is 22.1. The molecule has 1 aliphatic rings. The van der Waals surface area contributed by atoms with Gasteiger partial charge in [-0.15, -0.1) is 0 Å². The van der Waals surface area contributed by atoms with E-state index in [1.165, 1.54) is 5.56 Å². The average molecular weight is 460 g/mol. The summed E-state index contributed by atoms with van der Waals surface area (Å²) in [4.78, 5) is 21.8. The van der Waals surface area contributed by atoms with E-state index >= 15 is 0 Å². The summed E-state index contributed by atoms with van der Waals surface area (Å²) in [6.45, 7) is 9.43. The zero-order valence-corrected chi connectivity index (χ0v) is 20.2. The van der Waals surface area contributed by atoms with Gasteiger partial charge in [-0.05, 0) is 68.8 Å². The quantitative estimate of drug-likeness (QED) is 0.392. The number of anilines is 1. The lowest BCUT2D eigenvalue weighted by atomic mass is 10.1. The van der Waals surface area contributed by atoms with E-state index in [1.807, 2.05) is 56.3 Å². The number of benzene rings is 2. The zero-order valence-electron chi connectivity index (χ0n) is 20.2. The molecule has 0 amide bonds. The van der Waals surface area contributed by atoms with Gasteiger partial charge < -0.3 is 14.4 Å². The van der Waals surface area contributed by atoms with E-state index < -0.39 is 0 Å². The number of hydrogen-bond donors (Lipinski definition) is 0. The fourth-order valence-corrected chi connectivity index (χ4v) is 4.34. The molecule has 34 heavy (non-hydrogen) atoms. The molecule has 1 atom stereocenters. The molecule has 1 aliphatic heterocycles. The molecule has 2 heterocycles. The summed E-state index contributed by atoms with van der Waals surface area (Å²) in [5, 5.41) is 0. The van der Waals surface area contributed by atoms with E-state index in [4.69, 9.17) is 9.47 Å². The van der Waals surface area contributed by atoms with Gasteiger partial charge in [0.05, 0.1) is 6.10 Å². The molecule has 0 spiro atoms. The number of esters is 1. The Kier molecular flexibility index (Phi) is 7.80. The second-order valence-corrected chi connectivity index (χ2v) is 8.84. The second kappa shape index (κ2) is 11.2. The van der Waals surface area contributed by atoms with Gasteiger partial charge >= 0.3 is 5.97 Å². The molecule has 0 N–H and O–H groups in total. The molecule has 1 saturated heterocycles. The second-order valence-electron chi connectivity index (χ2n) is 8.84. The van der Waals surface area contributed by atoms with E-state index in [0.29, 0.717) is 17.4 Å². The van der Waals surface area contributed by atoms with Crippen molar-refractivity contribution in [3.63, 3.8) is 0 Å². The normalized spacial score (nSPS) is 15.7. The van der Waals surface area contributed by atoms with Gasteiger partial charge in [-0.3, -0.25) is 4.90 Å². The molecule has 0 bridgehead atoms.